The minimum Gasteiger partial charge on any atom is -0.480 e. The molecule has 96 valence electrons. The van der Waals surface area contributed by atoms with E-state index in [4.69, 9.17) is 0 Å². The van der Waals surface area contributed by atoms with E-state index in [2.05, 4.69) is 11.4 Å². The molecule has 0 aliphatic heterocycles. The van der Waals surface area contributed by atoms with Crippen LogP contribution >= 0.6 is 0 Å². The number of carboxylic acids is 1. The normalized spacial score (nSPS) is 21.3. The van der Waals surface area contributed by atoms with Crippen molar-refractivity contribution < 1.29 is 9.90 Å². The summed E-state index contributed by atoms with van der Waals surface area (Å²) < 4.78 is 0. The first-order valence-corrected chi connectivity index (χ1v) is 6.29. The lowest BCUT2D eigenvalue weighted by atomic mass is 9.79. The Labute approximate surface area is 111 Å². The Balaban J connectivity index is 2.32. The van der Waals surface area contributed by atoms with Crippen molar-refractivity contribution in [1.82, 2.24) is 5.32 Å². The number of hydrogen-bond donors (Lipinski definition) is 2. The third-order valence-electron chi connectivity index (χ3n) is 3.89. The number of hydrogen-bond acceptors (Lipinski definition) is 2. The molecule has 0 bridgehead atoms. The van der Waals surface area contributed by atoms with Crippen LogP contribution in [0.3, 0.4) is 0 Å². The molecule has 0 amide bonds. The van der Waals surface area contributed by atoms with Gasteiger partial charge in [-0.3, -0.25) is 0 Å². The maximum atomic E-state index is 11.7. The Morgan fingerprint density at radius 1 is 1.26 bits per heavy atom. The Bertz CT molecular complexity index is 690. The van der Waals surface area contributed by atoms with Crippen LogP contribution in [0, 0.1) is 0 Å². The summed E-state index contributed by atoms with van der Waals surface area (Å²) in [5.74, 6) is -0.837. The van der Waals surface area contributed by atoms with Crippen molar-refractivity contribution in [1.29, 1.82) is 0 Å². The number of rotatable bonds is 2. The topological polar surface area (TPSA) is 49.3 Å². The third-order valence-corrected chi connectivity index (χ3v) is 3.89. The first kappa shape index (κ1) is 11.9. The minimum atomic E-state index is -1.02. The Kier molecular flexibility index (Phi) is 2.64. The van der Waals surface area contributed by atoms with Gasteiger partial charge in [0, 0.05) is 0 Å². The molecule has 0 saturated heterocycles. The van der Waals surface area contributed by atoms with Crippen molar-refractivity contribution in [2.75, 3.05) is 7.05 Å². The molecule has 2 aromatic rings. The molecular formula is C16H15NO2. The van der Waals surface area contributed by atoms with Crippen molar-refractivity contribution >= 4 is 22.8 Å². The standard InChI is InChI=1S/C16H15NO2/c1-17-16(15(18)19)8-4-7-13-9-11-5-2-3-6-12(11)10-14(13)16/h2-7,9-10,17H,8H2,1H3,(H,18,19). The number of nitrogens with one attached hydrogen (secondary N) is 1. The van der Waals surface area contributed by atoms with Gasteiger partial charge in [-0.25, -0.2) is 4.79 Å². The van der Waals surface area contributed by atoms with Gasteiger partial charge in [0.25, 0.3) is 0 Å². The summed E-state index contributed by atoms with van der Waals surface area (Å²) in [6.45, 7) is 0. The summed E-state index contributed by atoms with van der Waals surface area (Å²) >= 11 is 0. The van der Waals surface area contributed by atoms with Gasteiger partial charge in [0.15, 0.2) is 0 Å². The minimum absolute atomic E-state index is 0.462. The zero-order valence-electron chi connectivity index (χ0n) is 10.7. The second-order valence-electron chi connectivity index (χ2n) is 4.85. The summed E-state index contributed by atoms with van der Waals surface area (Å²) in [6, 6.07) is 12.0. The quantitative estimate of drug-likeness (QED) is 0.865. The van der Waals surface area contributed by atoms with Crippen LogP contribution in [-0.2, 0) is 10.3 Å². The molecule has 2 N–H and O–H groups in total. The number of carbonyl (C=O) groups is 1. The van der Waals surface area contributed by atoms with Crippen LogP contribution in [0.4, 0.5) is 0 Å². The predicted molar refractivity (Wildman–Crippen MR) is 76.0 cm³/mol. The third kappa shape index (κ3) is 1.66. The van der Waals surface area contributed by atoms with Gasteiger partial charge in [-0.2, -0.15) is 0 Å². The van der Waals surface area contributed by atoms with Gasteiger partial charge in [-0.1, -0.05) is 36.4 Å². The van der Waals surface area contributed by atoms with Crippen LogP contribution in [-0.4, -0.2) is 18.1 Å². The van der Waals surface area contributed by atoms with Crippen LogP contribution in [0.1, 0.15) is 17.5 Å². The maximum absolute atomic E-state index is 11.7. The second-order valence-corrected chi connectivity index (χ2v) is 4.85. The molecule has 19 heavy (non-hydrogen) atoms. The van der Waals surface area contributed by atoms with Gasteiger partial charge in [0.2, 0.25) is 0 Å². The van der Waals surface area contributed by atoms with E-state index in [-0.39, 0.29) is 0 Å². The Morgan fingerprint density at radius 3 is 2.58 bits per heavy atom. The lowest BCUT2D eigenvalue weighted by Crippen LogP contribution is -2.48. The smallest absolute Gasteiger partial charge is 0.328 e. The zero-order valence-corrected chi connectivity index (χ0v) is 10.7. The Hall–Kier alpha value is -2.13. The molecule has 1 atom stereocenters. The number of fused-ring (bicyclic) bond motifs is 2. The molecule has 0 fully saturated rings. The fourth-order valence-corrected chi connectivity index (χ4v) is 2.78. The highest BCUT2D eigenvalue weighted by molar-refractivity contribution is 5.91. The number of carboxylic acid groups (broad SMARTS) is 1. The maximum Gasteiger partial charge on any atom is 0.328 e. The van der Waals surface area contributed by atoms with Gasteiger partial charge >= 0.3 is 5.97 Å². The number of aliphatic carboxylic acids is 1. The number of benzene rings is 2. The van der Waals surface area contributed by atoms with E-state index in [9.17, 15) is 9.90 Å². The van der Waals surface area contributed by atoms with Gasteiger partial charge in [-0.05, 0) is 47.5 Å². The summed E-state index contributed by atoms with van der Waals surface area (Å²) in [6.07, 6.45) is 4.38. The molecule has 3 rings (SSSR count). The van der Waals surface area contributed by atoms with Gasteiger partial charge in [0.05, 0.1) is 0 Å². The van der Waals surface area contributed by atoms with Crippen LogP contribution in [0.25, 0.3) is 16.8 Å². The molecule has 1 aliphatic carbocycles. The molecule has 1 aliphatic rings. The fourth-order valence-electron chi connectivity index (χ4n) is 2.78. The summed E-state index contributed by atoms with van der Waals surface area (Å²) in [4.78, 5) is 11.7. The largest absolute Gasteiger partial charge is 0.480 e. The van der Waals surface area contributed by atoms with Crippen molar-refractivity contribution in [3.63, 3.8) is 0 Å². The highest BCUT2D eigenvalue weighted by Gasteiger charge is 2.40. The highest BCUT2D eigenvalue weighted by Crippen LogP contribution is 2.36. The van der Waals surface area contributed by atoms with Crippen molar-refractivity contribution in [3.05, 3.63) is 53.6 Å². The lowest BCUT2D eigenvalue weighted by molar-refractivity contribution is -0.145. The molecule has 0 radical (unpaired) electrons. The fraction of sp³-hybridized carbons (Fsp3) is 0.188. The van der Waals surface area contributed by atoms with Crippen molar-refractivity contribution in [2.24, 2.45) is 0 Å². The molecule has 0 spiro atoms. The van der Waals surface area contributed by atoms with Crippen LogP contribution < -0.4 is 5.32 Å². The van der Waals surface area contributed by atoms with Gasteiger partial charge in [-0.15, -0.1) is 0 Å². The molecule has 0 heterocycles. The SMILES string of the molecule is CNC1(C(=O)O)CC=Cc2cc3ccccc3cc21. The van der Waals surface area contributed by atoms with Crippen molar-refractivity contribution in [3.8, 4) is 0 Å². The van der Waals surface area contributed by atoms with Crippen LogP contribution in [0.15, 0.2) is 42.5 Å². The molecule has 3 nitrogen and oxygen atoms in total. The molecular weight excluding hydrogens is 238 g/mol. The summed E-state index contributed by atoms with van der Waals surface area (Å²) in [5, 5.41) is 14.8. The first-order valence-electron chi connectivity index (χ1n) is 6.29. The molecule has 2 aromatic carbocycles. The van der Waals surface area contributed by atoms with Crippen molar-refractivity contribution in [2.45, 2.75) is 12.0 Å². The van der Waals surface area contributed by atoms with Crippen LogP contribution in [0.5, 0.6) is 0 Å². The zero-order chi connectivity index (χ0) is 13.5. The Morgan fingerprint density at radius 2 is 1.95 bits per heavy atom. The molecule has 0 aromatic heterocycles. The average molecular weight is 253 g/mol. The lowest BCUT2D eigenvalue weighted by Gasteiger charge is -2.32. The molecule has 1 unspecified atom stereocenters. The molecule has 0 saturated carbocycles. The van der Waals surface area contributed by atoms with E-state index < -0.39 is 11.5 Å². The van der Waals surface area contributed by atoms with E-state index in [1.54, 1.807) is 7.05 Å². The van der Waals surface area contributed by atoms with E-state index in [1.807, 2.05) is 42.5 Å². The van der Waals surface area contributed by atoms with E-state index in [1.165, 1.54) is 0 Å². The summed E-state index contributed by atoms with van der Waals surface area (Å²) in [5.41, 5.74) is 0.791. The highest BCUT2D eigenvalue weighted by atomic mass is 16.4. The summed E-state index contributed by atoms with van der Waals surface area (Å²) in [7, 11) is 1.70. The predicted octanol–water partition coefficient (Wildman–Crippen LogP) is 2.76. The second kappa shape index (κ2) is 4.21. The first-order chi connectivity index (χ1) is 9.17. The van der Waals surface area contributed by atoms with E-state index in [0.29, 0.717) is 6.42 Å². The average Bonchev–Trinajstić information content (AvgIpc) is 2.44. The molecule has 3 heteroatoms. The monoisotopic (exact) mass is 253 g/mol. The number of likely N-dealkylation sites (N-methyl/N-ethyl adjacent to an activating group) is 1. The van der Waals surface area contributed by atoms with Gasteiger partial charge < -0.3 is 10.4 Å². The van der Waals surface area contributed by atoms with Gasteiger partial charge in [0.1, 0.15) is 5.54 Å². The van der Waals surface area contributed by atoms with E-state index in [0.717, 1.165) is 21.9 Å². The van der Waals surface area contributed by atoms with Crippen LogP contribution in [0.2, 0.25) is 0 Å². The van der Waals surface area contributed by atoms with E-state index >= 15 is 0 Å².